The number of methoxy groups -OCH3 is 3. The van der Waals surface area contributed by atoms with E-state index in [9.17, 15) is 14.4 Å². The van der Waals surface area contributed by atoms with Gasteiger partial charge in [-0.15, -0.1) is 0 Å². The molecule has 0 spiro atoms. The first-order chi connectivity index (χ1) is 13.9. The Kier molecular flexibility index (Phi) is 8.11. The van der Waals surface area contributed by atoms with Crippen molar-refractivity contribution < 1.29 is 33.3 Å². The minimum absolute atomic E-state index is 0.0238. The second-order valence-electron chi connectivity index (χ2n) is 6.44. The fourth-order valence-corrected chi connectivity index (χ4v) is 3.39. The number of rotatable bonds is 8. The van der Waals surface area contributed by atoms with Crippen LogP contribution < -0.4 is 14.8 Å². The van der Waals surface area contributed by atoms with Crippen molar-refractivity contribution in [1.29, 1.82) is 0 Å². The van der Waals surface area contributed by atoms with Crippen molar-refractivity contribution in [3.05, 3.63) is 23.3 Å². The summed E-state index contributed by atoms with van der Waals surface area (Å²) in [5.74, 6) is 0.539. The molecule has 9 heteroatoms. The van der Waals surface area contributed by atoms with Crippen molar-refractivity contribution in [3.63, 3.8) is 0 Å². The van der Waals surface area contributed by atoms with Gasteiger partial charge in [0.15, 0.2) is 11.5 Å². The van der Waals surface area contributed by atoms with Gasteiger partial charge in [0.2, 0.25) is 5.91 Å². The van der Waals surface area contributed by atoms with Crippen molar-refractivity contribution >= 4 is 18.0 Å². The van der Waals surface area contributed by atoms with E-state index < -0.39 is 18.1 Å². The molecule has 0 radical (unpaired) electrons. The van der Waals surface area contributed by atoms with Gasteiger partial charge >= 0.3 is 12.1 Å². The smallest absolute Gasteiger partial charge is 0.407 e. The van der Waals surface area contributed by atoms with Gasteiger partial charge in [-0.1, -0.05) is 0 Å². The number of amides is 2. The molecule has 0 bridgehead atoms. The number of nitrogens with zero attached hydrogens (tertiary/aromatic N) is 1. The Morgan fingerprint density at radius 1 is 1.14 bits per heavy atom. The minimum atomic E-state index is -0.563. The second kappa shape index (κ2) is 10.5. The lowest BCUT2D eigenvalue weighted by atomic mass is 9.89. The van der Waals surface area contributed by atoms with E-state index in [4.69, 9.17) is 18.9 Å². The van der Waals surface area contributed by atoms with E-state index in [2.05, 4.69) is 5.32 Å². The van der Waals surface area contributed by atoms with Gasteiger partial charge in [-0.25, -0.2) is 4.79 Å². The molecule has 0 aliphatic carbocycles. The number of carbonyl (C=O) groups is 3. The first-order valence-corrected chi connectivity index (χ1v) is 9.46. The molecule has 0 aromatic heterocycles. The molecule has 1 atom stereocenters. The average Bonchev–Trinajstić information content (AvgIpc) is 2.72. The number of alkyl carbamates (subject to hydrolysis) is 1. The lowest BCUT2D eigenvalue weighted by molar-refractivity contribution is -0.144. The molecule has 160 valence electrons. The van der Waals surface area contributed by atoms with Gasteiger partial charge in [-0.05, 0) is 36.6 Å². The van der Waals surface area contributed by atoms with Crippen LogP contribution >= 0.6 is 0 Å². The van der Waals surface area contributed by atoms with Crippen LogP contribution in [0.4, 0.5) is 4.79 Å². The molecule has 1 N–H and O–H groups in total. The van der Waals surface area contributed by atoms with E-state index >= 15 is 0 Å². The van der Waals surface area contributed by atoms with Crippen molar-refractivity contribution in [1.82, 2.24) is 10.2 Å². The van der Waals surface area contributed by atoms with Gasteiger partial charge in [0.05, 0.1) is 40.4 Å². The number of esters is 1. The summed E-state index contributed by atoms with van der Waals surface area (Å²) in [7, 11) is 4.41. The summed E-state index contributed by atoms with van der Waals surface area (Å²) in [5.41, 5.74) is 1.82. The molecule has 9 nitrogen and oxygen atoms in total. The Morgan fingerprint density at radius 2 is 1.83 bits per heavy atom. The van der Waals surface area contributed by atoms with Crippen LogP contribution in [0.15, 0.2) is 12.1 Å². The Balaban J connectivity index is 2.23. The van der Waals surface area contributed by atoms with E-state index in [1.54, 1.807) is 25.0 Å². The normalized spacial score (nSPS) is 15.2. The van der Waals surface area contributed by atoms with Crippen LogP contribution in [0.3, 0.4) is 0 Å². The van der Waals surface area contributed by atoms with Gasteiger partial charge in [-0.2, -0.15) is 0 Å². The van der Waals surface area contributed by atoms with Crippen molar-refractivity contribution in [2.45, 2.75) is 32.2 Å². The summed E-state index contributed by atoms with van der Waals surface area (Å²) < 4.78 is 20.4. The molecule has 2 rings (SSSR count). The highest BCUT2D eigenvalue weighted by atomic mass is 16.5. The zero-order valence-electron chi connectivity index (χ0n) is 17.3. The Bertz CT molecular complexity index is 751. The maximum Gasteiger partial charge on any atom is 0.407 e. The van der Waals surface area contributed by atoms with Gasteiger partial charge in [0.1, 0.15) is 0 Å². The average molecular weight is 408 g/mol. The first-order valence-electron chi connectivity index (χ1n) is 9.46. The van der Waals surface area contributed by atoms with Crippen LogP contribution in [0.2, 0.25) is 0 Å². The van der Waals surface area contributed by atoms with E-state index in [0.717, 1.165) is 11.1 Å². The van der Waals surface area contributed by atoms with Crippen LogP contribution in [-0.4, -0.2) is 63.9 Å². The molecule has 0 saturated carbocycles. The van der Waals surface area contributed by atoms with E-state index in [0.29, 0.717) is 24.5 Å². The number of benzene rings is 1. The number of nitrogens with one attached hydrogen (secondary N) is 1. The maximum absolute atomic E-state index is 12.8. The van der Waals surface area contributed by atoms with Crippen LogP contribution in [-0.2, 0) is 25.5 Å². The number of hydrogen-bond acceptors (Lipinski definition) is 7. The summed E-state index contributed by atoms with van der Waals surface area (Å²) in [6, 6.07) is 3.20. The molecule has 1 aliphatic heterocycles. The molecule has 2 amide bonds. The molecular formula is C20H28N2O7. The lowest BCUT2D eigenvalue weighted by Crippen LogP contribution is -2.42. The predicted octanol–water partition coefficient (Wildman–Crippen LogP) is 1.83. The highest BCUT2D eigenvalue weighted by Gasteiger charge is 2.33. The molecule has 0 unspecified atom stereocenters. The number of carbonyl (C=O) groups excluding carboxylic acids is 3. The fraction of sp³-hybridized carbons (Fsp3) is 0.550. The van der Waals surface area contributed by atoms with Crippen molar-refractivity contribution in [3.8, 4) is 11.5 Å². The first kappa shape index (κ1) is 22.3. The molecule has 1 aromatic carbocycles. The third-order valence-electron chi connectivity index (χ3n) is 4.79. The quantitative estimate of drug-likeness (QED) is 0.655. The summed E-state index contributed by atoms with van der Waals surface area (Å²) in [4.78, 5) is 37.9. The summed E-state index contributed by atoms with van der Waals surface area (Å²) in [6.45, 7) is 2.56. The van der Waals surface area contributed by atoms with Crippen LogP contribution in [0.1, 0.15) is 36.9 Å². The van der Waals surface area contributed by atoms with Crippen LogP contribution in [0, 0.1) is 0 Å². The van der Waals surface area contributed by atoms with Crippen LogP contribution in [0.5, 0.6) is 11.5 Å². The third-order valence-corrected chi connectivity index (χ3v) is 4.79. The molecule has 29 heavy (non-hydrogen) atoms. The van der Waals surface area contributed by atoms with Gasteiger partial charge in [0, 0.05) is 19.5 Å². The predicted molar refractivity (Wildman–Crippen MR) is 104 cm³/mol. The van der Waals surface area contributed by atoms with Crippen molar-refractivity contribution in [2.24, 2.45) is 0 Å². The number of hydrogen-bond donors (Lipinski definition) is 1. The Hall–Kier alpha value is -2.97. The Labute approximate surface area is 170 Å². The maximum atomic E-state index is 12.8. The minimum Gasteiger partial charge on any atom is -0.493 e. The third kappa shape index (κ3) is 5.52. The molecule has 1 aliphatic rings. The van der Waals surface area contributed by atoms with Gasteiger partial charge in [0.25, 0.3) is 0 Å². The van der Waals surface area contributed by atoms with Gasteiger partial charge < -0.3 is 29.2 Å². The molecular weight excluding hydrogens is 380 g/mol. The summed E-state index contributed by atoms with van der Waals surface area (Å²) in [5, 5.41) is 2.54. The molecule has 0 saturated heterocycles. The molecule has 0 fully saturated rings. The standard InChI is InChI=1S/C20H28N2O7/c1-5-29-20(25)21-8-6-18(23)22-9-7-13-10-16(26-2)17(27-3)11-14(13)15(22)12-19(24)28-4/h10-11,15H,5-9,12H2,1-4H3,(H,21,25)/t15-/m1/s1. The number of ether oxygens (including phenoxy) is 4. The van der Waals surface area contributed by atoms with E-state index in [1.165, 1.54) is 14.2 Å². The largest absolute Gasteiger partial charge is 0.493 e. The highest BCUT2D eigenvalue weighted by molar-refractivity contribution is 5.80. The topological polar surface area (TPSA) is 103 Å². The lowest BCUT2D eigenvalue weighted by Gasteiger charge is -2.37. The summed E-state index contributed by atoms with van der Waals surface area (Å²) >= 11 is 0. The second-order valence-corrected chi connectivity index (χ2v) is 6.44. The van der Waals surface area contributed by atoms with Crippen molar-refractivity contribution in [2.75, 3.05) is 41.0 Å². The zero-order chi connectivity index (χ0) is 21.4. The summed E-state index contributed by atoms with van der Waals surface area (Å²) in [6.07, 6.45) is 0.173. The molecule has 1 aromatic rings. The zero-order valence-corrected chi connectivity index (χ0v) is 17.3. The van der Waals surface area contributed by atoms with Crippen LogP contribution in [0.25, 0.3) is 0 Å². The fourth-order valence-electron chi connectivity index (χ4n) is 3.39. The SMILES string of the molecule is CCOC(=O)NCCC(=O)N1CCc2cc(OC)c(OC)cc2[C@H]1CC(=O)OC. The number of fused-ring (bicyclic) bond motifs is 1. The van der Waals surface area contributed by atoms with E-state index in [1.807, 2.05) is 6.07 Å². The van der Waals surface area contributed by atoms with Gasteiger partial charge in [-0.3, -0.25) is 9.59 Å². The Morgan fingerprint density at radius 3 is 2.45 bits per heavy atom. The monoisotopic (exact) mass is 408 g/mol. The highest BCUT2D eigenvalue weighted by Crippen LogP contribution is 2.39. The molecule has 1 heterocycles. The van der Waals surface area contributed by atoms with E-state index in [-0.39, 0.29) is 31.9 Å².